The number of anilines is 1. The zero-order valence-corrected chi connectivity index (χ0v) is 18.8. The highest BCUT2D eigenvalue weighted by Crippen LogP contribution is 2.46. The number of rotatable bonds is 4. The largest absolute Gasteiger partial charge is 0.424 e. The summed E-state index contributed by atoms with van der Waals surface area (Å²) in [5.74, 6) is 1.22. The lowest BCUT2D eigenvalue weighted by molar-refractivity contribution is -0.384. The first kappa shape index (κ1) is 21.2. The number of hydrogen-bond acceptors (Lipinski definition) is 9. The van der Waals surface area contributed by atoms with Crippen molar-refractivity contribution in [2.45, 2.75) is 6.54 Å². The third kappa shape index (κ3) is 3.36. The van der Waals surface area contributed by atoms with Crippen molar-refractivity contribution < 1.29 is 9.66 Å². The van der Waals surface area contributed by atoms with Gasteiger partial charge in [-0.15, -0.1) is 0 Å². The Labute approximate surface area is 203 Å². The molecule has 3 aromatic heterocycles. The van der Waals surface area contributed by atoms with Crippen LogP contribution in [-0.4, -0.2) is 29.4 Å². The maximum absolute atomic E-state index is 11.2. The zero-order valence-electron chi connectivity index (χ0n) is 18.8. The van der Waals surface area contributed by atoms with Gasteiger partial charge in [0, 0.05) is 37.5 Å². The van der Waals surface area contributed by atoms with Crippen molar-refractivity contribution in [1.82, 2.24) is 24.5 Å². The van der Waals surface area contributed by atoms with E-state index in [0.29, 0.717) is 18.1 Å². The monoisotopic (exact) mass is 476 g/mol. The summed E-state index contributed by atoms with van der Waals surface area (Å²) in [6, 6.07) is 15.7. The molecule has 0 fully saturated rings. The van der Waals surface area contributed by atoms with Crippen LogP contribution in [0, 0.1) is 21.4 Å². The van der Waals surface area contributed by atoms with E-state index in [0.717, 1.165) is 39.0 Å². The van der Waals surface area contributed by atoms with E-state index in [1.165, 1.54) is 30.7 Å². The van der Waals surface area contributed by atoms with Crippen LogP contribution >= 0.6 is 0 Å². The topological polar surface area (TPSA) is 145 Å². The number of nitrogens with zero attached hydrogens (tertiary/aromatic N) is 7. The molecule has 2 aromatic carbocycles. The number of aromatic nitrogens is 5. The number of aryl methyl sites for hydroxylation is 1. The summed E-state index contributed by atoms with van der Waals surface area (Å²) in [4.78, 5) is 27.9. The third-order valence-corrected chi connectivity index (χ3v) is 6.07. The average Bonchev–Trinajstić information content (AvgIpc) is 3.10. The third-order valence-electron chi connectivity index (χ3n) is 6.07. The highest BCUT2D eigenvalue weighted by atomic mass is 16.6. The SMILES string of the molecule is Cn1c(-c2ccc([N+](=O)[O-])cc2)c2c3c(ncnc31)NCc1cc(Oc3nccc(C#N)n3)ccc1-2. The first-order valence-electron chi connectivity index (χ1n) is 10.9. The molecule has 0 aliphatic carbocycles. The first-order valence-corrected chi connectivity index (χ1v) is 10.9. The minimum atomic E-state index is -0.416. The van der Waals surface area contributed by atoms with Crippen molar-refractivity contribution in [1.29, 1.82) is 5.26 Å². The van der Waals surface area contributed by atoms with Gasteiger partial charge in [0.1, 0.15) is 35.3 Å². The molecule has 5 aromatic rings. The summed E-state index contributed by atoms with van der Waals surface area (Å²) in [5.41, 5.74) is 5.48. The molecule has 0 radical (unpaired) electrons. The summed E-state index contributed by atoms with van der Waals surface area (Å²) in [6.07, 6.45) is 2.98. The molecule has 0 saturated carbocycles. The second kappa shape index (κ2) is 8.14. The lowest BCUT2D eigenvalue weighted by Gasteiger charge is -2.13. The molecule has 1 N–H and O–H groups in total. The van der Waals surface area contributed by atoms with Crippen LogP contribution in [-0.2, 0) is 13.6 Å². The molecule has 6 rings (SSSR count). The van der Waals surface area contributed by atoms with Crippen LogP contribution in [0.3, 0.4) is 0 Å². The fourth-order valence-electron chi connectivity index (χ4n) is 4.49. The van der Waals surface area contributed by atoms with Crippen molar-refractivity contribution in [2.75, 3.05) is 5.32 Å². The molecule has 1 aliphatic heterocycles. The lowest BCUT2D eigenvalue weighted by atomic mass is 9.95. The standard InChI is InChI=1S/C25H16N8O3/c1-32-22(14-2-4-17(5-3-14)33(34)35)20-19-7-6-18(36-25-27-9-8-16(11-26)31-25)10-15(19)12-28-23-21(20)24(32)30-13-29-23/h2-10,13H,12H2,1H3,(H,28,29,30). The van der Waals surface area contributed by atoms with E-state index in [1.807, 2.05) is 35.9 Å². The van der Waals surface area contributed by atoms with Gasteiger partial charge in [-0.1, -0.05) is 6.07 Å². The highest BCUT2D eigenvalue weighted by molar-refractivity contribution is 6.09. The van der Waals surface area contributed by atoms with E-state index >= 15 is 0 Å². The molecular weight excluding hydrogens is 460 g/mol. The molecule has 0 amide bonds. The second-order valence-electron chi connectivity index (χ2n) is 8.12. The van der Waals surface area contributed by atoms with Crippen LogP contribution in [0.5, 0.6) is 11.8 Å². The number of benzene rings is 2. The number of nitro benzene ring substituents is 1. The highest BCUT2D eigenvalue weighted by Gasteiger charge is 2.27. The predicted molar refractivity (Wildman–Crippen MR) is 130 cm³/mol. The van der Waals surface area contributed by atoms with E-state index in [2.05, 4.69) is 25.3 Å². The van der Waals surface area contributed by atoms with Gasteiger partial charge in [0.15, 0.2) is 0 Å². The van der Waals surface area contributed by atoms with Crippen molar-refractivity contribution in [3.63, 3.8) is 0 Å². The first-order chi connectivity index (χ1) is 17.5. The Balaban J connectivity index is 1.51. The number of nitriles is 1. The van der Waals surface area contributed by atoms with E-state index in [9.17, 15) is 10.1 Å². The van der Waals surface area contributed by atoms with Gasteiger partial charge < -0.3 is 14.6 Å². The summed E-state index contributed by atoms with van der Waals surface area (Å²) in [6.45, 7) is 0.482. The van der Waals surface area contributed by atoms with E-state index in [-0.39, 0.29) is 17.4 Å². The smallest absolute Gasteiger partial charge is 0.323 e. The maximum Gasteiger partial charge on any atom is 0.323 e. The summed E-state index contributed by atoms with van der Waals surface area (Å²) < 4.78 is 7.81. The minimum absolute atomic E-state index is 0.0235. The van der Waals surface area contributed by atoms with Crippen LogP contribution < -0.4 is 10.1 Å². The van der Waals surface area contributed by atoms with Crippen LogP contribution in [0.15, 0.2) is 61.1 Å². The normalized spacial score (nSPS) is 11.8. The second-order valence-corrected chi connectivity index (χ2v) is 8.12. The predicted octanol–water partition coefficient (Wildman–Crippen LogP) is 4.59. The van der Waals surface area contributed by atoms with Crippen LogP contribution in [0.1, 0.15) is 11.3 Å². The lowest BCUT2D eigenvalue weighted by Crippen LogP contribution is -2.03. The van der Waals surface area contributed by atoms with Gasteiger partial charge in [0.25, 0.3) is 5.69 Å². The Morgan fingerprint density at radius 2 is 1.97 bits per heavy atom. The van der Waals surface area contributed by atoms with Crippen LogP contribution in [0.4, 0.5) is 11.5 Å². The zero-order chi connectivity index (χ0) is 24.8. The van der Waals surface area contributed by atoms with E-state index in [1.54, 1.807) is 12.1 Å². The van der Waals surface area contributed by atoms with Gasteiger partial charge in [-0.3, -0.25) is 10.1 Å². The molecule has 0 unspecified atom stereocenters. The molecule has 174 valence electrons. The van der Waals surface area contributed by atoms with E-state index in [4.69, 9.17) is 10.00 Å². The summed E-state index contributed by atoms with van der Waals surface area (Å²) in [7, 11) is 1.91. The Morgan fingerprint density at radius 3 is 2.75 bits per heavy atom. The number of non-ortho nitro benzene ring substituents is 1. The van der Waals surface area contributed by atoms with Gasteiger partial charge >= 0.3 is 6.01 Å². The number of hydrogen-bond donors (Lipinski definition) is 1. The fourth-order valence-corrected chi connectivity index (χ4v) is 4.49. The van der Waals surface area contributed by atoms with Crippen molar-refractivity contribution in [3.8, 4) is 40.2 Å². The van der Waals surface area contributed by atoms with Gasteiger partial charge in [-0.05, 0) is 47.0 Å². The maximum atomic E-state index is 11.2. The Hall–Kier alpha value is -5.37. The molecule has 0 bridgehead atoms. The van der Waals surface area contributed by atoms with E-state index < -0.39 is 4.92 Å². The van der Waals surface area contributed by atoms with Crippen LogP contribution in [0.2, 0.25) is 0 Å². The van der Waals surface area contributed by atoms with Crippen LogP contribution in [0.25, 0.3) is 33.4 Å². The quantitative estimate of drug-likeness (QED) is 0.291. The fraction of sp³-hybridized carbons (Fsp3) is 0.0800. The molecular formula is C25H16N8O3. The molecule has 0 atom stereocenters. The van der Waals surface area contributed by atoms with Crippen molar-refractivity contribution >= 4 is 22.5 Å². The van der Waals surface area contributed by atoms with Gasteiger partial charge in [-0.2, -0.15) is 10.2 Å². The summed E-state index contributed by atoms with van der Waals surface area (Å²) in [5, 5.41) is 24.5. The van der Waals surface area contributed by atoms with Crippen molar-refractivity contribution in [3.05, 3.63) is 82.4 Å². The molecule has 0 saturated heterocycles. The summed E-state index contributed by atoms with van der Waals surface area (Å²) >= 11 is 0. The Bertz CT molecular complexity index is 1720. The molecule has 4 heterocycles. The number of fused-ring (bicyclic) bond motifs is 2. The Morgan fingerprint density at radius 1 is 1.14 bits per heavy atom. The molecule has 1 aliphatic rings. The molecule has 0 spiro atoms. The molecule has 36 heavy (non-hydrogen) atoms. The number of ether oxygens (including phenoxy) is 1. The minimum Gasteiger partial charge on any atom is -0.424 e. The number of nitro groups is 1. The van der Waals surface area contributed by atoms with Gasteiger partial charge in [0.05, 0.1) is 16.0 Å². The number of nitrogens with one attached hydrogen (secondary N) is 1. The Kier molecular flexibility index (Phi) is 4.79. The molecule has 11 heteroatoms. The van der Waals surface area contributed by atoms with Gasteiger partial charge in [-0.25, -0.2) is 15.0 Å². The average molecular weight is 476 g/mol. The molecule has 11 nitrogen and oxygen atoms in total. The van der Waals surface area contributed by atoms with Gasteiger partial charge in [0.2, 0.25) is 0 Å². The van der Waals surface area contributed by atoms with Crippen molar-refractivity contribution in [2.24, 2.45) is 7.05 Å².